The summed E-state index contributed by atoms with van der Waals surface area (Å²) in [5.41, 5.74) is 1.23. The first-order chi connectivity index (χ1) is 7.74. The van der Waals surface area contributed by atoms with Crippen molar-refractivity contribution in [2.75, 3.05) is 19.8 Å². The minimum Gasteiger partial charge on any atom is -0.382 e. The van der Waals surface area contributed by atoms with Crippen LogP contribution in [0.2, 0.25) is 5.02 Å². The van der Waals surface area contributed by atoms with Gasteiger partial charge in [0.05, 0.1) is 5.02 Å². The highest BCUT2D eigenvalue weighted by atomic mass is 79.9. The summed E-state index contributed by atoms with van der Waals surface area (Å²) < 4.78 is 6.20. The highest BCUT2D eigenvalue weighted by Gasteiger charge is 1.98. The van der Waals surface area contributed by atoms with Crippen LogP contribution < -0.4 is 5.32 Å². The molecule has 1 aromatic carbocycles. The Kier molecular flexibility index (Phi) is 7.05. The maximum absolute atomic E-state index is 5.92. The minimum absolute atomic E-state index is 0.750. The van der Waals surface area contributed by atoms with Crippen molar-refractivity contribution in [3.63, 3.8) is 0 Å². The lowest BCUT2D eigenvalue weighted by atomic mass is 10.2. The van der Waals surface area contributed by atoms with Gasteiger partial charge >= 0.3 is 0 Å². The molecule has 0 aliphatic rings. The number of hydrogen-bond acceptors (Lipinski definition) is 2. The van der Waals surface area contributed by atoms with Gasteiger partial charge in [0.1, 0.15) is 0 Å². The first-order valence-electron chi connectivity index (χ1n) is 5.46. The number of halogens is 2. The molecule has 0 bridgehead atoms. The van der Waals surface area contributed by atoms with Gasteiger partial charge in [0.25, 0.3) is 0 Å². The molecule has 0 aliphatic carbocycles. The smallest absolute Gasteiger partial charge is 0.0548 e. The normalized spacial score (nSPS) is 10.7. The second-order valence-electron chi connectivity index (χ2n) is 3.48. The van der Waals surface area contributed by atoms with Crippen LogP contribution in [0.25, 0.3) is 0 Å². The number of rotatable bonds is 7. The van der Waals surface area contributed by atoms with Crippen LogP contribution in [-0.2, 0) is 11.3 Å². The quantitative estimate of drug-likeness (QED) is 0.777. The molecular weight excluding hydrogens is 289 g/mol. The summed E-state index contributed by atoms with van der Waals surface area (Å²) in [5, 5.41) is 4.11. The Morgan fingerprint density at radius 2 is 2.25 bits per heavy atom. The van der Waals surface area contributed by atoms with Crippen molar-refractivity contribution < 1.29 is 4.74 Å². The molecule has 1 N–H and O–H groups in total. The molecule has 0 radical (unpaired) electrons. The zero-order valence-electron chi connectivity index (χ0n) is 9.43. The van der Waals surface area contributed by atoms with E-state index in [4.69, 9.17) is 16.3 Å². The summed E-state index contributed by atoms with van der Waals surface area (Å²) >= 11 is 9.32. The molecule has 90 valence electrons. The largest absolute Gasteiger partial charge is 0.382 e. The summed E-state index contributed by atoms with van der Waals surface area (Å²) in [6.45, 7) is 5.47. The lowest BCUT2D eigenvalue weighted by molar-refractivity contribution is 0.144. The minimum atomic E-state index is 0.750. The van der Waals surface area contributed by atoms with Crippen molar-refractivity contribution in [1.29, 1.82) is 0 Å². The van der Waals surface area contributed by atoms with Gasteiger partial charge in [-0.3, -0.25) is 0 Å². The number of ether oxygens (including phenoxy) is 1. The van der Waals surface area contributed by atoms with Crippen LogP contribution in [0, 0.1) is 0 Å². The first kappa shape index (κ1) is 14.0. The van der Waals surface area contributed by atoms with Crippen LogP contribution in [-0.4, -0.2) is 19.8 Å². The topological polar surface area (TPSA) is 21.3 Å². The van der Waals surface area contributed by atoms with Gasteiger partial charge in [0.2, 0.25) is 0 Å². The highest BCUT2D eigenvalue weighted by molar-refractivity contribution is 9.10. The van der Waals surface area contributed by atoms with E-state index >= 15 is 0 Å². The van der Waals surface area contributed by atoms with Crippen molar-refractivity contribution in [3.05, 3.63) is 33.3 Å². The van der Waals surface area contributed by atoms with Gasteiger partial charge in [-0.25, -0.2) is 0 Å². The van der Waals surface area contributed by atoms with E-state index in [2.05, 4.69) is 21.2 Å². The van der Waals surface area contributed by atoms with Crippen LogP contribution in [0.15, 0.2) is 22.7 Å². The Balaban J connectivity index is 2.19. The Morgan fingerprint density at radius 3 is 2.94 bits per heavy atom. The maximum Gasteiger partial charge on any atom is 0.0548 e. The predicted octanol–water partition coefficient (Wildman–Crippen LogP) is 3.62. The van der Waals surface area contributed by atoms with Crippen molar-refractivity contribution in [1.82, 2.24) is 5.32 Å². The Morgan fingerprint density at radius 1 is 1.44 bits per heavy atom. The molecule has 0 heterocycles. The third kappa shape index (κ3) is 5.30. The van der Waals surface area contributed by atoms with Gasteiger partial charge in [-0.2, -0.15) is 0 Å². The summed E-state index contributed by atoms with van der Waals surface area (Å²) in [7, 11) is 0. The number of hydrogen-bond donors (Lipinski definition) is 1. The molecule has 0 atom stereocenters. The first-order valence-corrected chi connectivity index (χ1v) is 6.63. The van der Waals surface area contributed by atoms with E-state index in [0.717, 1.165) is 42.2 Å². The molecular formula is C12H17BrClNO. The third-order valence-electron chi connectivity index (χ3n) is 2.16. The SMILES string of the molecule is CCOCCCNCc1ccc(Cl)c(Br)c1. The van der Waals surface area contributed by atoms with Gasteiger partial charge in [-0.1, -0.05) is 17.7 Å². The fourth-order valence-corrected chi connectivity index (χ4v) is 1.87. The lowest BCUT2D eigenvalue weighted by Gasteiger charge is -2.06. The van der Waals surface area contributed by atoms with E-state index in [1.54, 1.807) is 0 Å². The van der Waals surface area contributed by atoms with Gasteiger partial charge in [-0.05, 0) is 53.5 Å². The van der Waals surface area contributed by atoms with Crippen LogP contribution in [0.4, 0.5) is 0 Å². The molecule has 0 amide bonds. The monoisotopic (exact) mass is 305 g/mol. The van der Waals surface area contributed by atoms with Crippen LogP contribution in [0.3, 0.4) is 0 Å². The van der Waals surface area contributed by atoms with E-state index < -0.39 is 0 Å². The highest BCUT2D eigenvalue weighted by Crippen LogP contribution is 2.22. The van der Waals surface area contributed by atoms with E-state index in [1.807, 2.05) is 25.1 Å². The molecule has 0 saturated heterocycles. The van der Waals surface area contributed by atoms with E-state index in [1.165, 1.54) is 5.56 Å². The number of nitrogens with one attached hydrogen (secondary N) is 1. The van der Waals surface area contributed by atoms with E-state index in [0.29, 0.717) is 0 Å². The number of benzene rings is 1. The van der Waals surface area contributed by atoms with Crippen molar-refractivity contribution >= 4 is 27.5 Å². The maximum atomic E-state index is 5.92. The molecule has 16 heavy (non-hydrogen) atoms. The van der Waals surface area contributed by atoms with Gasteiger partial charge < -0.3 is 10.1 Å². The van der Waals surface area contributed by atoms with Crippen molar-refractivity contribution in [2.45, 2.75) is 19.9 Å². The zero-order chi connectivity index (χ0) is 11.8. The van der Waals surface area contributed by atoms with Crippen LogP contribution in [0.1, 0.15) is 18.9 Å². The second kappa shape index (κ2) is 8.07. The zero-order valence-corrected chi connectivity index (χ0v) is 11.8. The second-order valence-corrected chi connectivity index (χ2v) is 4.74. The summed E-state index contributed by atoms with van der Waals surface area (Å²) in [6, 6.07) is 5.98. The molecule has 0 aliphatic heterocycles. The molecule has 4 heteroatoms. The Hall–Kier alpha value is -0.0900. The molecule has 1 rings (SSSR count). The van der Waals surface area contributed by atoms with Crippen LogP contribution in [0.5, 0.6) is 0 Å². The molecule has 2 nitrogen and oxygen atoms in total. The van der Waals surface area contributed by atoms with Gasteiger partial charge in [0, 0.05) is 24.2 Å². The molecule has 0 saturated carbocycles. The molecule has 0 spiro atoms. The molecule has 1 aromatic rings. The fourth-order valence-electron chi connectivity index (χ4n) is 1.33. The van der Waals surface area contributed by atoms with E-state index in [-0.39, 0.29) is 0 Å². The standard InChI is InChI=1S/C12H17BrClNO/c1-2-16-7-3-6-15-9-10-4-5-12(14)11(13)8-10/h4-5,8,15H,2-3,6-7,9H2,1H3. The van der Waals surface area contributed by atoms with Gasteiger partial charge in [-0.15, -0.1) is 0 Å². The van der Waals surface area contributed by atoms with Crippen LogP contribution >= 0.6 is 27.5 Å². The predicted molar refractivity (Wildman–Crippen MR) is 72.0 cm³/mol. The Bertz CT molecular complexity index is 320. The summed E-state index contributed by atoms with van der Waals surface area (Å²) in [6.07, 6.45) is 1.04. The lowest BCUT2D eigenvalue weighted by Crippen LogP contribution is -2.16. The summed E-state index contributed by atoms with van der Waals surface area (Å²) in [4.78, 5) is 0. The van der Waals surface area contributed by atoms with Crippen molar-refractivity contribution in [2.24, 2.45) is 0 Å². The fraction of sp³-hybridized carbons (Fsp3) is 0.500. The Labute approximate surface area is 110 Å². The molecule has 0 aromatic heterocycles. The summed E-state index contributed by atoms with van der Waals surface area (Å²) in [5.74, 6) is 0. The average Bonchev–Trinajstić information content (AvgIpc) is 2.28. The third-order valence-corrected chi connectivity index (χ3v) is 3.37. The van der Waals surface area contributed by atoms with Gasteiger partial charge in [0.15, 0.2) is 0 Å². The van der Waals surface area contributed by atoms with E-state index in [9.17, 15) is 0 Å². The average molecular weight is 307 g/mol. The molecule has 0 fully saturated rings. The molecule has 0 unspecified atom stereocenters. The van der Waals surface area contributed by atoms with Crippen molar-refractivity contribution in [3.8, 4) is 0 Å².